The maximum atomic E-state index is 15.7. The van der Waals surface area contributed by atoms with Crippen LogP contribution in [0.25, 0.3) is 11.2 Å². The van der Waals surface area contributed by atoms with Crippen LogP contribution in [0.4, 0.5) is 10.2 Å². The zero-order valence-corrected chi connectivity index (χ0v) is 25.8. The Labute approximate surface area is 247 Å². The van der Waals surface area contributed by atoms with Crippen molar-refractivity contribution in [2.24, 2.45) is 0 Å². The molecule has 42 heavy (non-hydrogen) atoms. The zero-order valence-electron chi connectivity index (χ0n) is 24.1. The molecular formula is C26H35ClFN6O7P. The van der Waals surface area contributed by atoms with Gasteiger partial charge in [-0.2, -0.15) is 5.09 Å². The molecule has 16 heteroatoms. The average Bonchev–Trinajstić information content (AvgIpc) is 3.45. The van der Waals surface area contributed by atoms with E-state index in [1.165, 1.54) is 30.0 Å². The number of halogens is 2. The van der Waals surface area contributed by atoms with Crippen molar-refractivity contribution in [1.82, 2.24) is 24.6 Å². The fourth-order valence-electron chi connectivity index (χ4n) is 4.33. The van der Waals surface area contributed by atoms with E-state index in [0.29, 0.717) is 17.2 Å². The molecule has 13 nitrogen and oxygen atoms in total. The molecule has 2 N–H and O–H groups in total. The van der Waals surface area contributed by atoms with Crippen LogP contribution in [0.2, 0.25) is 0 Å². The summed E-state index contributed by atoms with van der Waals surface area (Å²) in [5.41, 5.74) is -1.18. The maximum absolute atomic E-state index is 15.7. The highest BCUT2D eigenvalue weighted by Crippen LogP contribution is 2.49. The van der Waals surface area contributed by atoms with Gasteiger partial charge in [-0.1, -0.05) is 18.2 Å². The Kier molecular flexibility index (Phi) is 9.75. The van der Waals surface area contributed by atoms with Crippen LogP contribution in [0, 0.1) is 6.92 Å². The first-order chi connectivity index (χ1) is 19.8. The van der Waals surface area contributed by atoms with Gasteiger partial charge in [-0.3, -0.25) is 13.9 Å². The lowest BCUT2D eigenvalue weighted by Gasteiger charge is -2.31. The second-order valence-electron chi connectivity index (χ2n) is 10.4. The van der Waals surface area contributed by atoms with Gasteiger partial charge in [0.1, 0.15) is 29.3 Å². The molecule has 0 amide bonds. The molecule has 0 radical (unpaired) electrons. The molecule has 1 saturated heterocycles. The molecule has 230 valence electrons. The summed E-state index contributed by atoms with van der Waals surface area (Å²) >= 11 is 6.25. The summed E-state index contributed by atoms with van der Waals surface area (Å²) in [4.78, 5) is 27.3. The van der Waals surface area contributed by atoms with E-state index in [9.17, 15) is 14.5 Å². The number of imidazole rings is 1. The summed E-state index contributed by atoms with van der Waals surface area (Å²) in [5.74, 6) is -0.0231. The number of aryl methyl sites for hydroxylation is 1. The molecule has 0 bridgehead atoms. The predicted molar refractivity (Wildman–Crippen MR) is 153 cm³/mol. The van der Waals surface area contributed by atoms with Crippen LogP contribution in [0.1, 0.15) is 32.8 Å². The molecule has 0 spiro atoms. The molecule has 0 aliphatic carbocycles. The number of para-hydroxylation sites is 1. The highest BCUT2D eigenvalue weighted by molar-refractivity contribution is 7.52. The highest BCUT2D eigenvalue weighted by Gasteiger charge is 2.57. The number of anilines is 1. The summed E-state index contributed by atoms with van der Waals surface area (Å²) in [6.45, 7) is 5.80. The van der Waals surface area contributed by atoms with Gasteiger partial charge in [0.25, 0.3) is 0 Å². The standard InChI is InChI=1S/C26H35ClFN6O7P/c1-15(2)39-25(36)16(3)32-42(37,41-18-10-8-7-9-11-18)38-13-26(12-27)21(35)19(28)24(40-26)34-14-29-20-22(33(5)6)30-17(4)31-23(20)34/h7-11,14-16,19,21,24,35H,12-13H2,1-6H3,(H,32,37)/t16-,19+,21-,24+,26+,42+/m0/s1. The van der Waals surface area contributed by atoms with E-state index in [2.05, 4.69) is 20.0 Å². The van der Waals surface area contributed by atoms with Gasteiger partial charge in [0.15, 0.2) is 29.4 Å². The highest BCUT2D eigenvalue weighted by atomic mass is 35.5. The zero-order chi connectivity index (χ0) is 30.8. The monoisotopic (exact) mass is 628 g/mol. The lowest BCUT2D eigenvalue weighted by molar-refractivity contribution is -0.149. The van der Waals surface area contributed by atoms with Crippen molar-refractivity contribution in [2.45, 2.75) is 63.9 Å². The lowest BCUT2D eigenvalue weighted by atomic mass is 9.99. The number of aromatic nitrogens is 4. The van der Waals surface area contributed by atoms with Crippen molar-refractivity contribution in [2.75, 3.05) is 31.5 Å². The van der Waals surface area contributed by atoms with Crippen LogP contribution in [-0.4, -0.2) is 87.2 Å². The summed E-state index contributed by atoms with van der Waals surface area (Å²) in [5, 5.41) is 13.6. The molecule has 3 aromatic rings. The first-order valence-electron chi connectivity index (χ1n) is 13.2. The Morgan fingerprint density at radius 1 is 1.29 bits per heavy atom. The molecule has 0 unspecified atom stereocenters. The SMILES string of the molecule is Cc1nc(N(C)C)c2ncn([C@@H]3O[C@](CCl)(CO[P@](=O)(N[C@@H](C)C(=O)OC(C)C)Oc4ccccc4)[C@@H](O)[C@H]3F)c2n1. The van der Waals surface area contributed by atoms with Crippen LogP contribution in [0.15, 0.2) is 36.7 Å². The van der Waals surface area contributed by atoms with Crippen LogP contribution < -0.4 is 14.5 Å². The van der Waals surface area contributed by atoms with Crippen LogP contribution >= 0.6 is 19.3 Å². The van der Waals surface area contributed by atoms with Gasteiger partial charge in [-0.25, -0.2) is 23.9 Å². The fraction of sp³-hybridized carbons (Fsp3) is 0.538. The van der Waals surface area contributed by atoms with Crippen LogP contribution in [0.5, 0.6) is 5.75 Å². The van der Waals surface area contributed by atoms with E-state index >= 15 is 4.39 Å². The third-order valence-electron chi connectivity index (χ3n) is 6.41. The van der Waals surface area contributed by atoms with Crippen molar-refractivity contribution < 1.29 is 37.4 Å². The first kappa shape index (κ1) is 32.1. The van der Waals surface area contributed by atoms with E-state index in [1.54, 1.807) is 58.0 Å². The second kappa shape index (κ2) is 12.8. The van der Waals surface area contributed by atoms with Gasteiger partial charge >= 0.3 is 13.7 Å². The Hall–Kier alpha value is -2.87. The molecule has 6 atom stereocenters. The van der Waals surface area contributed by atoms with E-state index in [4.69, 9.17) is 30.1 Å². The molecule has 2 aromatic heterocycles. The summed E-state index contributed by atoms with van der Waals surface area (Å²) in [6.07, 6.45) is -4.28. The lowest BCUT2D eigenvalue weighted by Crippen LogP contribution is -2.48. The number of benzene rings is 1. The number of ether oxygens (including phenoxy) is 2. The molecule has 4 rings (SSSR count). The van der Waals surface area contributed by atoms with Gasteiger partial charge < -0.3 is 24.0 Å². The van der Waals surface area contributed by atoms with Gasteiger partial charge in [-0.15, -0.1) is 11.6 Å². The number of aliphatic hydroxyl groups excluding tert-OH is 1. The molecule has 0 saturated carbocycles. The first-order valence-corrected chi connectivity index (χ1v) is 15.3. The average molecular weight is 629 g/mol. The molecule has 1 aromatic carbocycles. The molecule has 1 aliphatic rings. The molecule has 3 heterocycles. The largest absolute Gasteiger partial charge is 0.462 e. The van der Waals surface area contributed by atoms with Gasteiger partial charge in [0, 0.05) is 14.1 Å². The third kappa shape index (κ3) is 6.69. The molecule has 1 fully saturated rings. The van der Waals surface area contributed by atoms with E-state index < -0.39 is 62.5 Å². The summed E-state index contributed by atoms with van der Waals surface area (Å²) < 4.78 is 53.6. The Balaban J connectivity index is 1.62. The number of aliphatic hydroxyl groups is 1. The normalized spacial score (nSPS) is 24.5. The fourth-order valence-corrected chi connectivity index (χ4v) is 6.18. The van der Waals surface area contributed by atoms with E-state index in [1.807, 2.05) is 0 Å². The Bertz CT molecular complexity index is 1450. The number of carbonyl (C=O) groups excluding carboxylic acids is 1. The minimum absolute atomic E-state index is 0.170. The number of hydrogen-bond acceptors (Lipinski definition) is 11. The van der Waals surface area contributed by atoms with Crippen molar-refractivity contribution in [3.8, 4) is 5.75 Å². The third-order valence-corrected chi connectivity index (χ3v) is 8.49. The van der Waals surface area contributed by atoms with E-state index in [-0.39, 0.29) is 11.4 Å². The Morgan fingerprint density at radius 3 is 2.60 bits per heavy atom. The van der Waals surface area contributed by atoms with Crippen LogP contribution in [-0.2, 0) is 23.4 Å². The van der Waals surface area contributed by atoms with Crippen molar-refractivity contribution in [3.63, 3.8) is 0 Å². The number of nitrogens with one attached hydrogen (secondary N) is 1. The smallest absolute Gasteiger partial charge is 0.459 e. The minimum Gasteiger partial charge on any atom is -0.462 e. The van der Waals surface area contributed by atoms with Crippen molar-refractivity contribution in [3.05, 3.63) is 42.5 Å². The van der Waals surface area contributed by atoms with Gasteiger partial charge in [0.05, 0.1) is 24.9 Å². The number of rotatable bonds is 12. The number of fused-ring (bicyclic) bond motifs is 1. The van der Waals surface area contributed by atoms with Crippen molar-refractivity contribution in [1.29, 1.82) is 0 Å². The number of alkyl halides is 2. The summed E-state index contributed by atoms with van der Waals surface area (Å²) in [6, 6.07) is 7.00. The topological polar surface area (TPSA) is 150 Å². The number of nitrogens with zero attached hydrogens (tertiary/aromatic N) is 5. The van der Waals surface area contributed by atoms with Gasteiger partial charge in [0.2, 0.25) is 0 Å². The summed E-state index contributed by atoms with van der Waals surface area (Å²) in [7, 11) is -0.783. The molecular weight excluding hydrogens is 594 g/mol. The quantitative estimate of drug-likeness (QED) is 0.172. The number of hydrogen-bond donors (Lipinski definition) is 2. The van der Waals surface area contributed by atoms with E-state index in [0.717, 1.165) is 0 Å². The maximum Gasteiger partial charge on any atom is 0.459 e. The number of carbonyl (C=O) groups is 1. The second-order valence-corrected chi connectivity index (χ2v) is 12.4. The molecule has 1 aliphatic heterocycles. The van der Waals surface area contributed by atoms with Crippen molar-refractivity contribution >= 4 is 42.3 Å². The minimum atomic E-state index is -4.36. The number of esters is 1. The van der Waals surface area contributed by atoms with Crippen LogP contribution in [0.3, 0.4) is 0 Å². The predicted octanol–water partition coefficient (Wildman–Crippen LogP) is 3.54. The van der Waals surface area contributed by atoms with Gasteiger partial charge in [-0.05, 0) is 39.8 Å². The Morgan fingerprint density at radius 2 is 1.98 bits per heavy atom.